The quantitative estimate of drug-likeness (QED) is 0.688. The Balaban J connectivity index is 1.53. The Labute approximate surface area is 106 Å². The van der Waals surface area contributed by atoms with E-state index in [1.165, 1.54) is 16.8 Å². The molecule has 18 heavy (non-hydrogen) atoms. The Hall–Kier alpha value is -1.88. The van der Waals surface area contributed by atoms with Crippen LogP contribution in [0.4, 0.5) is 5.69 Å². The van der Waals surface area contributed by atoms with E-state index in [0.29, 0.717) is 0 Å². The van der Waals surface area contributed by atoms with E-state index in [1.54, 1.807) is 6.33 Å². The zero-order chi connectivity index (χ0) is 12.2. The number of H-pyrrole nitrogens is 1. The lowest BCUT2D eigenvalue weighted by atomic mass is 10.1. The van der Waals surface area contributed by atoms with Crippen molar-refractivity contribution in [2.75, 3.05) is 18.4 Å². The van der Waals surface area contributed by atoms with Crippen molar-refractivity contribution in [3.8, 4) is 0 Å². The molecule has 5 heteroatoms. The Kier molecular flexibility index (Phi) is 3.23. The maximum atomic E-state index is 4.10. The van der Waals surface area contributed by atoms with Gasteiger partial charge in [0.1, 0.15) is 12.2 Å². The van der Waals surface area contributed by atoms with E-state index in [9.17, 15) is 0 Å². The number of aromatic amines is 1. The van der Waals surface area contributed by atoms with Crippen LogP contribution in [-0.4, -0.2) is 28.3 Å². The van der Waals surface area contributed by atoms with Crippen molar-refractivity contribution in [1.29, 1.82) is 0 Å². The molecule has 5 nitrogen and oxygen atoms in total. The largest absolute Gasteiger partial charge is 0.384 e. The van der Waals surface area contributed by atoms with Crippen LogP contribution >= 0.6 is 0 Å². The van der Waals surface area contributed by atoms with Gasteiger partial charge in [-0.15, -0.1) is 0 Å². The molecule has 0 aliphatic carbocycles. The highest BCUT2D eigenvalue weighted by molar-refractivity contribution is 5.61. The second-order valence-electron chi connectivity index (χ2n) is 4.49. The summed E-state index contributed by atoms with van der Waals surface area (Å²) in [6.45, 7) is 2.85. The van der Waals surface area contributed by atoms with Crippen LogP contribution in [0, 0.1) is 0 Å². The summed E-state index contributed by atoms with van der Waals surface area (Å²) in [7, 11) is 0. The van der Waals surface area contributed by atoms with Crippen LogP contribution in [-0.2, 0) is 19.4 Å². The molecular weight excluding hydrogens is 226 g/mol. The third kappa shape index (κ3) is 2.36. The summed E-state index contributed by atoms with van der Waals surface area (Å²) in [6.07, 6.45) is 3.56. The number of fused-ring (bicyclic) bond motifs is 1. The molecule has 0 saturated heterocycles. The standard InChI is InChI=1S/C13H17N5/c1-2-10-4-7-15-13(10)11(3-1)8-14-6-5-12-16-9-17-18-12/h1-3,9,14-15H,4-8H2,(H,16,17,18). The summed E-state index contributed by atoms with van der Waals surface area (Å²) in [5, 5.41) is 13.6. The molecule has 0 unspecified atom stereocenters. The normalized spacial score (nSPS) is 13.3. The molecule has 1 aliphatic heterocycles. The minimum absolute atomic E-state index is 0.877. The SMILES string of the molecule is c1cc2c(c(CNCCc3ncn[nH]3)c1)NCC2. The summed E-state index contributed by atoms with van der Waals surface area (Å²) < 4.78 is 0. The topological polar surface area (TPSA) is 65.6 Å². The number of para-hydroxylation sites is 1. The lowest BCUT2D eigenvalue weighted by Crippen LogP contribution is -2.18. The van der Waals surface area contributed by atoms with Gasteiger partial charge in [0, 0.05) is 31.7 Å². The van der Waals surface area contributed by atoms with Gasteiger partial charge in [0.2, 0.25) is 0 Å². The number of hydrogen-bond donors (Lipinski definition) is 3. The van der Waals surface area contributed by atoms with E-state index < -0.39 is 0 Å². The third-order valence-corrected chi connectivity index (χ3v) is 3.25. The van der Waals surface area contributed by atoms with Gasteiger partial charge in [0.25, 0.3) is 0 Å². The molecule has 0 atom stereocenters. The van der Waals surface area contributed by atoms with Crippen LogP contribution in [0.25, 0.3) is 0 Å². The first kappa shape index (κ1) is 11.2. The summed E-state index contributed by atoms with van der Waals surface area (Å²) in [5.41, 5.74) is 4.11. The predicted molar refractivity (Wildman–Crippen MR) is 70.4 cm³/mol. The van der Waals surface area contributed by atoms with Crippen LogP contribution < -0.4 is 10.6 Å². The van der Waals surface area contributed by atoms with Gasteiger partial charge in [-0.1, -0.05) is 18.2 Å². The maximum absolute atomic E-state index is 4.10. The monoisotopic (exact) mass is 243 g/mol. The minimum atomic E-state index is 0.877. The van der Waals surface area contributed by atoms with Crippen molar-refractivity contribution in [2.45, 2.75) is 19.4 Å². The van der Waals surface area contributed by atoms with Gasteiger partial charge in [0.15, 0.2) is 0 Å². The highest BCUT2D eigenvalue weighted by Gasteiger charge is 2.12. The van der Waals surface area contributed by atoms with Gasteiger partial charge in [-0.3, -0.25) is 5.10 Å². The second kappa shape index (κ2) is 5.18. The number of nitrogens with one attached hydrogen (secondary N) is 3. The third-order valence-electron chi connectivity index (χ3n) is 3.25. The van der Waals surface area contributed by atoms with Crippen molar-refractivity contribution in [1.82, 2.24) is 20.5 Å². The lowest BCUT2D eigenvalue weighted by Gasteiger charge is -2.09. The van der Waals surface area contributed by atoms with E-state index in [1.807, 2.05) is 0 Å². The molecular formula is C13H17N5. The van der Waals surface area contributed by atoms with Gasteiger partial charge in [-0.2, -0.15) is 5.10 Å². The molecule has 2 heterocycles. The Morgan fingerprint density at radius 3 is 3.22 bits per heavy atom. The zero-order valence-corrected chi connectivity index (χ0v) is 10.2. The molecule has 2 aromatic rings. The number of anilines is 1. The van der Waals surface area contributed by atoms with E-state index in [4.69, 9.17) is 0 Å². The first-order chi connectivity index (χ1) is 8.93. The van der Waals surface area contributed by atoms with Crippen LogP contribution in [0.2, 0.25) is 0 Å². The molecule has 0 spiro atoms. The number of aromatic nitrogens is 3. The van der Waals surface area contributed by atoms with Crippen molar-refractivity contribution in [3.63, 3.8) is 0 Å². The molecule has 1 aliphatic rings. The molecule has 0 fully saturated rings. The highest BCUT2D eigenvalue weighted by atomic mass is 15.2. The van der Waals surface area contributed by atoms with Crippen molar-refractivity contribution < 1.29 is 0 Å². The Bertz CT molecular complexity index is 506. The number of hydrogen-bond acceptors (Lipinski definition) is 4. The van der Waals surface area contributed by atoms with Gasteiger partial charge in [-0.05, 0) is 17.5 Å². The van der Waals surface area contributed by atoms with E-state index >= 15 is 0 Å². The average molecular weight is 243 g/mol. The van der Waals surface area contributed by atoms with Crippen molar-refractivity contribution in [3.05, 3.63) is 41.5 Å². The fourth-order valence-electron chi connectivity index (χ4n) is 2.34. The smallest absolute Gasteiger partial charge is 0.137 e. The number of rotatable bonds is 5. The van der Waals surface area contributed by atoms with Gasteiger partial charge >= 0.3 is 0 Å². The lowest BCUT2D eigenvalue weighted by molar-refractivity contribution is 0.672. The highest BCUT2D eigenvalue weighted by Crippen LogP contribution is 2.25. The van der Waals surface area contributed by atoms with Crippen LogP contribution in [0.5, 0.6) is 0 Å². The average Bonchev–Trinajstić information content (AvgIpc) is 3.05. The maximum Gasteiger partial charge on any atom is 0.137 e. The van der Waals surface area contributed by atoms with Crippen molar-refractivity contribution in [2.24, 2.45) is 0 Å². The molecule has 1 aromatic heterocycles. The molecule has 1 aromatic carbocycles. The molecule has 0 saturated carbocycles. The number of nitrogens with zero attached hydrogens (tertiary/aromatic N) is 2. The first-order valence-corrected chi connectivity index (χ1v) is 6.33. The molecule has 3 N–H and O–H groups in total. The van der Waals surface area contributed by atoms with E-state index in [-0.39, 0.29) is 0 Å². The Morgan fingerprint density at radius 2 is 2.33 bits per heavy atom. The van der Waals surface area contributed by atoms with Gasteiger partial charge in [-0.25, -0.2) is 4.98 Å². The molecule has 0 radical (unpaired) electrons. The predicted octanol–water partition coefficient (Wildman–Crippen LogP) is 1.10. The van der Waals surface area contributed by atoms with Crippen LogP contribution in [0.15, 0.2) is 24.5 Å². The fraction of sp³-hybridized carbons (Fsp3) is 0.385. The van der Waals surface area contributed by atoms with Crippen LogP contribution in [0.3, 0.4) is 0 Å². The zero-order valence-electron chi connectivity index (χ0n) is 10.2. The molecule has 0 amide bonds. The van der Waals surface area contributed by atoms with E-state index in [0.717, 1.165) is 38.3 Å². The summed E-state index contributed by atoms with van der Waals surface area (Å²) in [4.78, 5) is 4.10. The second-order valence-corrected chi connectivity index (χ2v) is 4.49. The van der Waals surface area contributed by atoms with E-state index in [2.05, 4.69) is 44.0 Å². The number of benzene rings is 1. The molecule has 0 bridgehead atoms. The Morgan fingerprint density at radius 1 is 1.33 bits per heavy atom. The summed E-state index contributed by atoms with van der Waals surface area (Å²) in [5.74, 6) is 0.930. The molecule has 3 rings (SSSR count). The molecule has 94 valence electrons. The fourth-order valence-corrected chi connectivity index (χ4v) is 2.34. The van der Waals surface area contributed by atoms with Crippen molar-refractivity contribution >= 4 is 5.69 Å². The summed E-state index contributed by atoms with van der Waals surface area (Å²) >= 11 is 0. The van der Waals surface area contributed by atoms with Gasteiger partial charge < -0.3 is 10.6 Å². The minimum Gasteiger partial charge on any atom is -0.384 e. The van der Waals surface area contributed by atoms with Crippen LogP contribution in [0.1, 0.15) is 17.0 Å². The first-order valence-electron chi connectivity index (χ1n) is 6.33. The summed E-state index contributed by atoms with van der Waals surface area (Å²) in [6, 6.07) is 6.52. The van der Waals surface area contributed by atoms with Gasteiger partial charge in [0.05, 0.1) is 0 Å².